The Morgan fingerprint density at radius 2 is 2.06 bits per heavy atom. The van der Waals surface area contributed by atoms with Crippen LogP contribution in [0.3, 0.4) is 0 Å². The minimum atomic E-state index is -0.324. The highest BCUT2D eigenvalue weighted by molar-refractivity contribution is 8.00. The lowest BCUT2D eigenvalue weighted by atomic mass is 10.2. The number of piperidine rings is 1. The van der Waals surface area contributed by atoms with Crippen LogP contribution >= 0.6 is 11.8 Å². The van der Waals surface area contributed by atoms with Gasteiger partial charge in [-0.1, -0.05) is 0 Å². The van der Waals surface area contributed by atoms with Crippen molar-refractivity contribution in [2.75, 3.05) is 18.8 Å². The lowest BCUT2D eigenvalue weighted by Gasteiger charge is -2.22. The third-order valence-corrected chi connectivity index (χ3v) is 3.58. The van der Waals surface area contributed by atoms with E-state index in [9.17, 15) is 4.79 Å². The van der Waals surface area contributed by atoms with E-state index in [1.165, 1.54) is 0 Å². The Kier molecular flexibility index (Phi) is 5.58. The summed E-state index contributed by atoms with van der Waals surface area (Å²) < 4.78 is 0. The molecule has 1 heterocycles. The van der Waals surface area contributed by atoms with Crippen molar-refractivity contribution in [3.8, 4) is 0 Å². The quantitative estimate of drug-likeness (QED) is 0.735. The van der Waals surface area contributed by atoms with Crippen LogP contribution in [-0.2, 0) is 9.63 Å². The van der Waals surface area contributed by atoms with Crippen molar-refractivity contribution in [2.45, 2.75) is 44.5 Å². The summed E-state index contributed by atoms with van der Waals surface area (Å²) in [6.45, 7) is 7.86. The molecule has 1 amide bonds. The molecule has 1 saturated heterocycles. The Bertz CT molecular complexity index is 223. The van der Waals surface area contributed by atoms with Crippen LogP contribution in [0, 0.1) is 0 Å². The first kappa shape index (κ1) is 13.8. The summed E-state index contributed by atoms with van der Waals surface area (Å²) in [5, 5.41) is 3.92. The number of amides is 1. The van der Waals surface area contributed by atoms with Gasteiger partial charge < -0.3 is 5.32 Å². The van der Waals surface area contributed by atoms with Gasteiger partial charge in [-0.15, -0.1) is 11.8 Å². The predicted molar refractivity (Wildman–Crippen MR) is 67.3 cm³/mol. The van der Waals surface area contributed by atoms with Gasteiger partial charge in [0.15, 0.2) is 0 Å². The molecular formula is C11H22N2O2S. The van der Waals surface area contributed by atoms with Crippen LogP contribution in [-0.4, -0.2) is 35.6 Å². The Balaban J connectivity index is 2.09. The van der Waals surface area contributed by atoms with E-state index in [4.69, 9.17) is 4.84 Å². The smallest absolute Gasteiger partial charge is 0.253 e. The topological polar surface area (TPSA) is 50.4 Å². The van der Waals surface area contributed by atoms with E-state index in [1.54, 1.807) is 11.8 Å². The monoisotopic (exact) mass is 246 g/mol. The molecule has 0 aromatic rings. The van der Waals surface area contributed by atoms with E-state index in [0.717, 1.165) is 25.9 Å². The molecule has 0 aromatic heterocycles. The summed E-state index contributed by atoms with van der Waals surface area (Å²) in [5.74, 6) is 0.444. The Morgan fingerprint density at radius 3 is 2.62 bits per heavy atom. The van der Waals surface area contributed by atoms with Crippen LogP contribution in [0.5, 0.6) is 0 Å². The number of thioether (sulfide) groups is 1. The van der Waals surface area contributed by atoms with Gasteiger partial charge in [-0.2, -0.15) is 0 Å². The number of carbonyl (C=O) groups is 1. The maximum Gasteiger partial charge on any atom is 0.253 e. The van der Waals surface area contributed by atoms with Gasteiger partial charge in [-0.3, -0.25) is 9.63 Å². The Morgan fingerprint density at radius 1 is 1.44 bits per heavy atom. The molecule has 16 heavy (non-hydrogen) atoms. The summed E-state index contributed by atoms with van der Waals surface area (Å²) in [5.41, 5.74) is 2.16. The SMILES string of the molecule is CC(C)(C)ONC(=O)CSC1CCNCC1. The van der Waals surface area contributed by atoms with E-state index in [0.29, 0.717) is 11.0 Å². The second kappa shape index (κ2) is 6.47. The molecule has 0 atom stereocenters. The fourth-order valence-electron chi connectivity index (χ4n) is 1.40. The zero-order valence-electron chi connectivity index (χ0n) is 10.3. The van der Waals surface area contributed by atoms with Gasteiger partial charge in [0.1, 0.15) is 0 Å². The van der Waals surface area contributed by atoms with Gasteiger partial charge in [0.05, 0.1) is 11.4 Å². The van der Waals surface area contributed by atoms with Crippen molar-refractivity contribution < 1.29 is 9.63 Å². The van der Waals surface area contributed by atoms with E-state index < -0.39 is 0 Å². The lowest BCUT2D eigenvalue weighted by molar-refractivity contribution is -0.142. The molecule has 1 fully saturated rings. The zero-order valence-corrected chi connectivity index (χ0v) is 11.2. The first-order valence-electron chi connectivity index (χ1n) is 5.76. The molecule has 1 aliphatic rings. The van der Waals surface area contributed by atoms with Gasteiger partial charge in [0, 0.05) is 5.25 Å². The van der Waals surface area contributed by atoms with Crippen molar-refractivity contribution in [3.05, 3.63) is 0 Å². The maximum atomic E-state index is 11.5. The average molecular weight is 246 g/mol. The summed E-state index contributed by atoms with van der Waals surface area (Å²) in [4.78, 5) is 16.7. The van der Waals surface area contributed by atoms with Crippen LogP contribution in [0.1, 0.15) is 33.6 Å². The molecule has 94 valence electrons. The standard InChI is InChI=1S/C11H22N2O2S/c1-11(2,3)15-13-10(14)8-16-9-4-6-12-7-5-9/h9,12H,4-8H2,1-3H3,(H,13,14). The van der Waals surface area contributed by atoms with Gasteiger partial charge >= 0.3 is 0 Å². The number of rotatable bonds is 4. The van der Waals surface area contributed by atoms with Crippen LogP contribution in [0.4, 0.5) is 0 Å². The minimum absolute atomic E-state index is 0.0431. The molecule has 1 rings (SSSR count). The normalized spacial score (nSPS) is 18.4. The molecule has 4 nitrogen and oxygen atoms in total. The number of hydrogen-bond donors (Lipinski definition) is 2. The minimum Gasteiger partial charge on any atom is -0.317 e. The summed E-state index contributed by atoms with van der Waals surface area (Å²) >= 11 is 1.72. The third kappa shape index (κ3) is 6.35. The predicted octanol–water partition coefficient (Wildman–Crippen LogP) is 1.32. The molecule has 1 aliphatic heterocycles. The highest BCUT2D eigenvalue weighted by atomic mass is 32.2. The number of nitrogens with one attached hydrogen (secondary N) is 2. The fraction of sp³-hybridized carbons (Fsp3) is 0.909. The van der Waals surface area contributed by atoms with Gasteiger partial charge in [-0.25, -0.2) is 5.48 Å². The molecule has 0 aliphatic carbocycles. The van der Waals surface area contributed by atoms with E-state index in [2.05, 4.69) is 10.8 Å². The highest BCUT2D eigenvalue weighted by Crippen LogP contribution is 2.19. The Labute approximate surface area is 102 Å². The van der Waals surface area contributed by atoms with Crippen LogP contribution in [0.15, 0.2) is 0 Å². The number of hydrogen-bond acceptors (Lipinski definition) is 4. The maximum absolute atomic E-state index is 11.5. The van der Waals surface area contributed by atoms with Crippen molar-refractivity contribution in [2.24, 2.45) is 0 Å². The van der Waals surface area contributed by atoms with Crippen molar-refractivity contribution in [1.82, 2.24) is 10.8 Å². The summed E-state index contributed by atoms with van der Waals surface area (Å²) in [6.07, 6.45) is 2.30. The van der Waals surface area contributed by atoms with Crippen LogP contribution in [0.2, 0.25) is 0 Å². The molecule has 0 bridgehead atoms. The molecular weight excluding hydrogens is 224 g/mol. The van der Waals surface area contributed by atoms with Crippen molar-refractivity contribution in [3.63, 3.8) is 0 Å². The van der Waals surface area contributed by atoms with Crippen LogP contribution < -0.4 is 10.8 Å². The largest absolute Gasteiger partial charge is 0.317 e. The lowest BCUT2D eigenvalue weighted by Crippen LogP contribution is -2.35. The van der Waals surface area contributed by atoms with E-state index in [1.807, 2.05) is 20.8 Å². The molecule has 2 N–H and O–H groups in total. The van der Waals surface area contributed by atoms with Gasteiger partial charge in [0.25, 0.3) is 5.91 Å². The molecule has 0 unspecified atom stereocenters. The number of carbonyl (C=O) groups excluding carboxylic acids is 1. The molecule has 0 saturated carbocycles. The first-order chi connectivity index (χ1) is 7.47. The molecule has 5 heteroatoms. The van der Waals surface area contributed by atoms with E-state index in [-0.39, 0.29) is 11.5 Å². The van der Waals surface area contributed by atoms with E-state index >= 15 is 0 Å². The second-order valence-electron chi connectivity index (χ2n) is 5.00. The van der Waals surface area contributed by atoms with Crippen molar-refractivity contribution >= 4 is 17.7 Å². The summed E-state index contributed by atoms with van der Waals surface area (Å²) in [6, 6.07) is 0. The fourth-order valence-corrected chi connectivity index (χ4v) is 2.41. The number of hydroxylamine groups is 1. The van der Waals surface area contributed by atoms with Crippen LogP contribution in [0.25, 0.3) is 0 Å². The highest BCUT2D eigenvalue weighted by Gasteiger charge is 2.16. The Hall–Kier alpha value is -0.260. The van der Waals surface area contributed by atoms with Crippen molar-refractivity contribution in [1.29, 1.82) is 0 Å². The molecule has 0 radical (unpaired) electrons. The average Bonchev–Trinajstić information content (AvgIpc) is 2.24. The van der Waals surface area contributed by atoms with Gasteiger partial charge in [-0.05, 0) is 46.7 Å². The first-order valence-corrected chi connectivity index (χ1v) is 6.81. The molecule has 0 aromatic carbocycles. The second-order valence-corrected chi connectivity index (χ2v) is 6.29. The summed E-state index contributed by atoms with van der Waals surface area (Å²) in [7, 11) is 0. The zero-order chi connectivity index (χ0) is 12.0. The molecule has 0 spiro atoms. The third-order valence-electron chi connectivity index (χ3n) is 2.21. The van der Waals surface area contributed by atoms with Gasteiger partial charge in [0.2, 0.25) is 0 Å².